The van der Waals surface area contributed by atoms with Crippen LogP contribution >= 0.6 is 0 Å². The number of benzene rings is 2. The molecule has 0 aliphatic heterocycles. The normalized spacial score (nSPS) is 11.0. The average molecular weight is 280 g/mol. The zero-order valence-electron chi connectivity index (χ0n) is 12.5. The van der Waals surface area contributed by atoms with Crippen molar-refractivity contribution >= 4 is 11.9 Å². The van der Waals surface area contributed by atoms with Crippen LogP contribution in [-0.4, -0.2) is 12.4 Å². The van der Waals surface area contributed by atoms with E-state index in [4.69, 9.17) is 4.74 Å². The molecular formula is C19H20O2. The smallest absolute Gasteiger partial charge is 0.185 e. The Hall–Kier alpha value is -2.35. The minimum atomic E-state index is -0.00531. The Labute approximate surface area is 126 Å². The van der Waals surface area contributed by atoms with Gasteiger partial charge in [-0.1, -0.05) is 62.4 Å². The molecule has 0 saturated carbocycles. The molecule has 0 aromatic heterocycles. The van der Waals surface area contributed by atoms with Crippen molar-refractivity contribution in [2.75, 3.05) is 6.61 Å². The number of carbonyl (C=O) groups excluding carboxylic acids is 1. The fraction of sp³-hybridized carbons (Fsp3) is 0.211. The molecule has 2 aromatic rings. The molecule has 0 bridgehead atoms. The van der Waals surface area contributed by atoms with Crippen LogP contribution in [0.4, 0.5) is 0 Å². The van der Waals surface area contributed by atoms with Gasteiger partial charge in [-0.2, -0.15) is 0 Å². The van der Waals surface area contributed by atoms with Crippen LogP contribution in [0.5, 0.6) is 5.75 Å². The fourth-order valence-electron chi connectivity index (χ4n) is 1.87. The molecule has 0 N–H and O–H groups in total. The van der Waals surface area contributed by atoms with Crippen molar-refractivity contribution in [3.8, 4) is 5.75 Å². The number of allylic oxidation sites excluding steroid dienone is 1. The van der Waals surface area contributed by atoms with Gasteiger partial charge in [-0.25, -0.2) is 0 Å². The molecule has 2 rings (SSSR count). The summed E-state index contributed by atoms with van der Waals surface area (Å²) in [5, 5.41) is 0. The van der Waals surface area contributed by atoms with E-state index in [-0.39, 0.29) is 5.78 Å². The summed E-state index contributed by atoms with van der Waals surface area (Å²) in [4.78, 5) is 12.1. The molecule has 2 aromatic carbocycles. The Balaban J connectivity index is 2.12. The van der Waals surface area contributed by atoms with Gasteiger partial charge in [-0.15, -0.1) is 0 Å². The van der Waals surface area contributed by atoms with Gasteiger partial charge in [-0.3, -0.25) is 4.79 Å². The van der Waals surface area contributed by atoms with Crippen LogP contribution in [0.2, 0.25) is 0 Å². The van der Waals surface area contributed by atoms with Crippen molar-refractivity contribution in [3.63, 3.8) is 0 Å². The maximum Gasteiger partial charge on any atom is 0.185 e. The minimum absolute atomic E-state index is 0.00531. The molecule has 0 aliphatic carbocycles. The Bertz CT molecular complexity index is 612. The Kier molecular flexibility index (Phi) is 5.33. The highest BCUT2D eigenvalue weighted by molar-refractivity contribution is 6.06. The van der Waals surface area contributed by atoms with E-state index in [1.54, 1.807) is 6.08 Å². The van der Waals surface area contributed by atoms with Gasteiger partial charge in [0.2, 0.25) is 0 Å². The third-order valence-electron chi connectivity index (χ3n) is 2.96. The van der Waals surface area contributed by atoms with Gasteiger partial charge in [0, 0.05) is 11.1 Å². The molecule has 2 heteroatoms. The molecule has 0 aliphatic rings. The lowest BCUT2D eigenvalue weighted by Gasteiger charge is -2.10. The Morgan fingerprint density at radius 1 is 1.05 bits per heavy atom. The fourth-order valence-corrected chi connectivity index (χ4v) is 1.87. The molecule has 0 fully saturated rings. The molecule has 0 amide bonds. The molecule has 0 spiro atoms. The van der Waals surface area contributed by atoms with E-state index in [1.807, 2.05) is 60.7 Å². The van der Waals surface area contributed by atoms with Crippen LogP contribution in [0.1, 0.15) is 29.8 Å². The maximum atomic E-state index is 12.1. The van der Waals surface area contributed by atoms with Gasteiger partial charge in [0.05, 0.1) is 6.61 Å². The summed E-state index contributed by atoms with van der Waals surface area (Å²) in [6.45, 7) is 4.88. The summed E-state index contributed by atoms with van der Waals surface area (Å²) in [5.74, 6) is 1.27. The van der Waals surface area contributed by atoms with Gasteiger partial charge in [-0.05, 0) is 24.1 Å². The number of hydrogen-bond acceptors (Lipinski definition) is 2. The highest BCUT2D eigenvalue weighted by Crippen LogP contribution is 2.20. The lowest BCUT2D eigenvalue weighted by molar-refractivity contribution is 0.104. The van der Waals surface area contributed by atoms with E-state index in [0.29, 0.717) is 18.1 Å². The Morgan fingerprint density at radius 3 is 2.43 bits per heavy atom. The number of para-hydroxylation sites is 1. The van der Waals surface area contributed by atoms with Gasteiger partial charge in [0.1, 0.15) is 5.75 Å². The van der Waals surface area contributed by atoms with Crippen LogP contribution in [0, 0.1) is 5.92 Å². The largest absolute Gasteiger partial charge is 0.493 e. The van der Waals surface area contributed by atoms with E-state index in [2.05, 4.69) is 13.8 Å². The summed E-state index contributed by atoms with van der Waals surface area (Å²) >= 11 is 0. The van der Waals surface area contributed by atoms with Crippen molar-refractivity contribution in [2.24, 2.45) is 5.92 Å². The molecule has 0 atom stereocenters. The van der Waals surface area contributed by atoms with Crippen molar-refractivity contribution in [1.82, 2.24) is 0 Å². The van der Waals surface area contributed by atoms with Crippen LogP contribution in [0.15, 0.2) is 60.7 Å². The van der Waals surface area contributed by atoms with Crippen molar-refractivity contribution in [2.45, 2.75) is 13.8 Å². The molecule has 108 valence electrons. The second-order valence-corrected chi connectivity index (χ2v) is 5.31. The number of ether oxygens (including phenoxy) is 1. The first-order valence-electron chi connectivity index (χ1n) is 7.16. The predicted molar refractivity (Wildman–Crippen MR) is 86.6 cm³/mol. The Morgan fingerprint density at radius 2 is 1.71 bits per heavy atom. The molecule has 0 unspecified atom stereocenters. The molecule has 21 heavy (non-hydrogen) atoms. The lowest BCUT2D eigenvalue weighted by Crippen LogP contribution is -2.05. The molecule has 0 radical (unpaired) electrons. The van der Waals surface area contributed by atoms with Gasteiger partial charge in [0.15, 0.2) is 5.78 Å². The lowest BCUT2D eigenvalue weighted by atomic mass is 10.1. The van der Waals surface area contributed by atoms with Gasteiger partial charge in [0.25, 0.3) is 0 Å². The van der Waals surface area contributed by atoms with Crippen LogP contribution in [0.25, 0.3) is 6.08 Å². The average Bonchev–Trinajstić information content (AvgIpc) is 2.52. The number of carbonyl (C=O) groups is 1. The summed E-state index contributed by atoms with van der Waals surface area (Å²) in [6, 6.07) is 17.0. The van der Waals surface area contributed by atoms with Crippen molar-refractivity contribution in [1.29, 1.82) is 0 Å². The SMILES string of the molecule is CC(C)COc1ccccc1C=CC(=O)c1ccccc1. The highest BCUT2D eigenvalue weighted by Gasteiger charge is 2.03. The maximum absolute atomic E-state index is 12.1. The van der Waals surface area contributed by atoms with Gasteiger partial charge < -0.3 is 4.74 Å². The first kappa shape index (κ1) is 15.0. The first-order valence-corrected chi connectivity index (χ1v) is 7.16. The van der Waals surface area contributed by atoms with Crippen LogP contribution in [0.3, 0.4) is 0 Å². The quantitative estimate of drug-likeness (QED) is 0.570. The predicted octanol–water partition coefficient (Wildman–Crippen LogP) is 4.62. The third kappa shape index (κ3) is 4.60. The van der Waals surface area contributed by atoms with E-state index in [1.165, 1.54) is 0 Å². The van der Waals surface area contributed by atoms with Crippen LogP contribution < -0.4 is 4.74 Å². The topological polar surface area (TPSA) is 26.3 Å². The van der Waals surface area contributed by atoms with Gasteiger partial charge >= 0.3 is 0 Å². The molecule has 0 heterocycles. The number of hydrogen-bond donors (Lipinski definition) is 0. The first-order chi connectivity index (χ1) is 10.2. The summed E-state index contributed by atoms with van der Waals surface area (Å²) in [6.07, 6.45) is 3.40. The zero-order chi connectivity index (χ0) is 15.1. The monoisotopic (exact) mass is 280 g/mol. The standard InChI is InChI=1S/C19H20O2/c1-15(2)14-21-19-11-7-6-10-17(19)12-13-18(20)16-8-4-3-5-9-16/h3-13,15H,14H2,1-2H3. The minimum Gasteiger partial charge on any atom is -0.493 e. The number of rotatable bonds is 6. The van der Waals surface area contributed by atoms with Crippen molar-refractivity contribution in [3.05, 3.63) is 71.8 Å². The summed E-state index contributed by atoms with van der Waals surface area (Å²) in [7, 11) is 0. The second-order valence-electron chi connectivity index (χ2n) is 5.31. The van der Waals surface area contributed by atoms with Crippen molar-refractivity contribution < 1.29 is 9.53 Å². The number of ketones is 1. The van der Waals surface area contributed by atoms with E-state index in [9.17, 15) is 4.79 Å². The highest BCUT2D eigenvalue weighted by atomic mass is 16.5. The zero-order valence-corrected chi connectivity index (χ0v) is 12.5. The molecule has 2 nitrogen and oxygen atoms in total. The molecular weight excluding hydrogens is 260 g/mol. The second kappa shape index (κ2) is 7.44. The third-order valence-corrected chi connectivity index (χ3v) is 2.96. The van der Waals surface area contributed by atoms with E-state index >= 15 is 0 Å². The van der Waals surface area contributed by atoms with Crippen LogP contribution in [-0.2, 0) is 0 Å². The summed E-state index contributed by atoms with van der Waals surface area (Å²) < 4.78 is 5.77. The van der Waals surface area contributed by atoms with E-state index < -0.39 is 0 Å². The van der Waals surface area contributed by atoms with E-state index in [0.717, 1.165) is 11.3 Å². The molecule has 0 saturated heterocycles. The summed E-state index contributed by atoms with van der Waals surface area (Å²) in [5.41, 5.74) is 1.61.